The number of carbonyl (C=O) groups is 2. The van der Waals surface area contributed by atoms with Gasteiger partial charge in [0.2, 0.25) is 11.8 Å². The minimum absolute atomic E-state index is 0.0796. The quantitative estimate of drug-likeness (QED) is 0.777. The number of fused-ring (bicyclic) bond motifs is 1. The van der Waals surface area contributed by atoms with Crippen LogP contribution in [0.2, 0.25) is 0 Å². The van der Waals surface area contributed by atoms with E-state index in [0.29, 0.717) is 12.5 Å². The number of hydrogen-bond donors (Lipinski definition) is 2. The number of benzene rings is 1. The highest BCUT2D eigenvalue weighted by Gasteiger charge is 2.34. The molecule has 7 nitrogen and oxygen atoms in total. The van der Waals surface area contributed by atoms with Crippen LogP contribution in [0.15, 0.2) is 24.3 Å². The number of hydrogen-bond acceptors (Lipinski definition) is 5. The molecule has 4 rings (SSSR count). The number of rotatable bonds is 6. The van der Waals surface area contributed by atoms with E-state index in [2.05, 4.69) is 15.5 Å². The molecule has 3 aliphatic rings. The van der Waals surface area contributed by atoms with Gasteiger partial charge in [-0.15, -0.1) is 0 Å². The average Bonchev–Trinajstić information content (AvgIpc) is 3.32. The molecule has 27 heavy (non-hydrogen) atoms. The Kier molecular flexibility index (Phi) is 5.71. The highest BCUT2D eigenvalue weighted by Crippen LogP contribution is 2.34. The molecule has 7 heteroatoms. The summed E-state index contributed by atoms with van der Waals surface area (Å²) in [5.74, 6) is -0.152. The van der Waals surface area contributed by atoms with Crippen LogP contribution in [0.25, 0.3) is 0 Å². The van der Waals surface area contributed by atoms with E-state index in [1.54, 1.807) is 0 Å². The number of nitrogens with zero attached hydrogens (tertiary/aromatic N) is 1. The smallest absolute Gasteiger partial charge is 0.232 e. The highest BCUT2D eigenvalue weighted by molar-refractivity contribution is 6.04. The first-order valence-electron chi connectivity index (χ1n) is 9.78. The van der Waals surface area contributed by atoms with Crippen LogP contribution in [0.5, 0.6) is 0 Å². The van der Waals surface area contributed by atoms with Gasteiger partial charge in [-0.1, -0.05) is 18.2 Å². The van der Waals surface area contributed by atoms with Gasteiger partial charge in [0, 0.05) is 50.3 Å². The van der Waals surface area contributed by atoms with Crippen LogP contribution in [-0.4, -0.2) is 68.8 Å². The molecule has 2 amide bonds. The van der Waals surface area contributed by atoms with Crippen LogP contribution >= 0.6 is 0 Å². The number of morpholine rings is 1. The molecule has 1 aromatic rings. The standard InChI is InChI=1S/C20H27N3O4/c24-19(11-16-15-3-1-2-4-17(15)22-20(16)25)21-12-18(14-5-8-27-13-14)23-6-9-26-10-7-23/h1-4,14,16,18H,5-13H2,(H,21,24)(H,22,25). The molecule has 1 aromatic carbocycles. The number of nitrogens with one attached hydrogen (secondary N) is 2. The lowest BCUT2D eigenvalue weighted by Crippen LogP contribution is -2.52. The number of carbonyl (C=O) groups excluding carboxylic acids is 2. The second-order valence-electron chi connectivity index (χ2n) is 7.48. The third-order valence-corrected chi connectivity index (χ3v) is 5.83. The zero-order chi connectivity index (χ0) is 18.6. The van der Waals surface area contributed by atoms with E-state index in [0.717, 1.165) is 57.2 Å². The lowest BCUT2D eigenvalue weighted by atomic mass is 9.95. The molecule has 0 bridgehead atoms. The summed E-state index contributed by atoms with van der Waals surface area (Å²) in [4.78, 5) is 27.2. The number of para-hydroxylation sites is 1. The first-order chi connectivity index (χ1) is 13.2. The van der Waals surface area contributed by atoms with E-state index in [4.69, 9.17) is 9.47 Å². The summed E-state index contributed by atoms with van der Waals surface area (Å²) >= 11 is 0. The molecule has 3 aliphatic heterocycles. The van der Waals surface area contributed by atoms with Crippen molar-refractivity contribution in [3.63, 3.8) is 0 Å². The van der Waals surface area contributed by atoms with Crippen molar-refractivity contribution in [2.24, 2.45) is 5.92 Å². The Balaban J connectivity index is 1.36. The molecule has 3 atom stereocenters. The molecule has 0 aromatic heterocycles. The summed E-state index contributed by atoms with van der Waals surface area (Å²) in [5, 5.41) is 5.93. The van der Waals surface area contributed by atoms with Crippen LogP contribution in [0.3, 0.4) is 0 Å². The number of amides is 2. The third kappa shape index (κ3) is 4.15. The van der Waals surface area contributed by atoms with Gasteiger partial charge in [0.05, 0.1) is 25.7 Å². The van der Waals surface area contributed by atoms with Crippen LogP contribution in [0.1, 0.15) is 24.3 Å². The van der Waals surface area contributed by atoms with Crippen molar-refractivity contribution < 1.29 is 19.1 Å². The second kappa shape index (κ2) is 8.37. The van der Waals surface area contributed by atoms with Crippen molar-refractivity contribution in [3.05, 3.63) is 29.8 Å². The maximum Gasteiger partial charge on any atom is 0.232 e. The summed E-state index contributed by atoms with van der Waals surface area (Å²) in [6.07, 6.45) is 1.20. The number of anilines is 1. The van der Waals surface area contributed by atoms with Gasteiger partial charge in [0.15, 0.2) is 0 Å². The van der Waals surface area contributed by atoms with Gasteiger partial charge < -0.3 is 20.1 Å². The van der Waals surface area contributed by atoms with Crippen molar-refractivity contribution in [3.8, 4) is 0 Å². The monoisotopic (exact) mass is 373 g/mol. The summed E-state index contributed by atoms with van der Waals surface area (Å²) in [5.41, 5.74) is 1.72. The van der Waals surface area contributed by atoms with Crippen LogP contribution in [0.4, 0.5) is 5.69 Å². The van der Waals surface area contributed by atoms with E-state index in [-0.39, 0.29) is 24.3 Å². The molecule has 3 unspecified atom stereocenters. The molecule has 2 N–H and O–H groups in total. The van der Waals surface area contributed by atoms with Gasteiger partial charge in [0.1, 0.15) is 0 Å². The van der Waals surface area contributed by atoms with Crippen molar-refractivity contribution in [1.82, 2.24) is 10.2 Å². The maximum atomic E-state index is 12.6. The van der Waals surface area contributed by atoms with E-state index in [9.17, 15) is 9.59 Å². The molecule has 0 aliphatic carbocycles. The van der Waals surface area contributed by atoms with Crippen molar-refractivity contribution in [2.75, 3.05) is 51.4 Å². The van der Waals surface area contributed by atoms with Crippen molar-refractivity contribution in [2.45, 2.75) is 24.8 Å². The predicted octanol–water partition coefficient (Wildman–Crippen LogP) is 0.966. The van der Waals surface area contributed by atoms with E-state index in [1.165, 1.54) is 0 Å². The molecule has 0 radical (unpaired) electrons. The Bertz CT molecular complexity index is 684. The second-order valence-corrected chi connectivity index (χ2v) is 7.48. The maximum absolute atomic E-state index is 12.6. The Labute approximate surface area is 159 Å². The lowest BCUT2D eigenvalue weighted by molar-refractivity contribution is -0.125. The topological polar surface area (TPSA) is 79.9 Å². The van der Waals surface area contributed by atoms with E-state index < -0.39 is 5.92 Å². The fourth-order valence-electron chi connectivity index (χ4n) is 4.31. The van der Waals surface area contributed by atoms with Gasteiger partial charge in [-0.2, -0.15) is 0 Å². The Morgan fingerprint density at radius 1 is 1.22 bits per heavy atom. The first-order valence-corrected chi connectivity index (χ1v) is 9.78. The zero-order valence-corrected chi connectivity index (χ0v) is 15.5. The van der Waals surface area contributed by atoms with Gasteiger partial charge >= 0.3 is 0 Å². The molecule has 2 fully saturated rings. The molecule has 146 valence electrons. The predicted molar refractivity (Wildman–Crippen MR) is 101 cm³/mol. The van der Waals surface area contributed by atoms with Crippen LogP contribution in [-0.2, 0) is 19.1 Å². The van der Waals surface area contributed by atoms with E-state index in [1.807, 2.05) is 24.3 Å². The van der Waals surface area contributed by atoms with Crippen molar-refractivity contribution in [1.29, 1.82) is 0 Å². The molecule has 0 spiro atoms. The number of ether oxygens (including phenoxy) is 2. The normalized spacial score (nSPS) is 26.4. The first kappa shape index (κ1) is 18.4. The lowest BCUT2D eigenvalue weighted by Gasteiger charge is -2.37. The minimum atomic E-state index is -0.405. The molecule has 0 saturated carbocycles. The Morgan fingerprint density at radius 3 is 2.81 bits per heavy atom. The summed E-state index contributed by atoms with van der Waals surface area (Å²) in [7, 11) is 0. The largest absolute Gasteiger partial charge is 0.381 e. The summed E-state index contributed by atoms with van der Waals surface area (Å²) < 4.78 is 11.0. The Morgan fingerprint density at radius 2 is 2.04 bits per heavy atom. The summed E-state index contributed by atoms with van der Waals surface area (Å²) in [6, 6.07) is 7.83. The average molecular weight is 373 g/mol. The molecule has 2 saturated heterocycles. The highest BCUT2D eigenvalue weighted by atomic mass is 16.5. The van der Waals surface area contributed by atoms with Gasteiger partial charge in [0.25, 0.3) is 0 Å². The molecule has 3 heterocycles. The van der Waals surface area contributed by atoms with Gasteiger partial charge in [-0.25, -0.2) is 0 Å². The fraction of sp³-hybridized carbons (Fsp3) is 0.600. The third-order valence-electron chi connectivity index (χ3n) is 5.83. The van der Waals surface area contributed by atoms with Gasteiger partial charge in [-0.05, 0) is 18.1 Å². The molecular weight excluding hydrogens is 346 g/mol. The van der Waals surface area contributed by atoms with Gasteiger partial charge in [-0.3, -0.25) is 14.5 Å². The SMILES string of the molecule is O=C(CC1C(=O)Nc2ccccc21)NCC(C1CCOC1)N1CCOCC1. The van der Waals surface area contributed by atoms with Crippen molar-refractivity contribution >= 4 is 17.5 Å². The minimum Gasteiger partial charge on any atom is -0.381 e. The summed E-state index contributed by atoms with van der Waals surface area (Å²) in [6.45, 7) is 5.36. The van der Waals surface area contributed by atoms with Crippen LogP contribution in [0, 0.1) is 5.92 Å². The van der Waals surface area contributed by atoms with Crippen LogP contribution < -0.4 is 10.6 Å². The van der Waals surface area contributed by atoms with E-state index >= 15 is 0 Å². The zero-order valence-electron chi connectivity index (χ0n) is 15.5. The molecular formula is C20H27N3O4. The fourth-order valence-corrected chi connectivity index (χ4v) is 4.31. The Hall–Kier alpha value is -1.96.